The number of aryl methyl sites for hydroxylation is 1. The lowest BCUT2D eigenvalue weighted by Crippen LogP contribution is -2.48. The third-order valence-corrected chi connectivity index (χ3v) is 5.74. The Kier molecular flexibility index (Phi) is 6.78. The van der Waals surface area contributed by atoms with Gasteiger partial charge in [0.1, 0.15) is 0 Å². The molecule has 29 heavy (non-hydrogen) atoms. The molecule has 1 aromatic heterocycles. The Morgan fingerprint density at radius 1 is 1.03 bits per heavy atom. The molecule has 5 heteroatoms. The molecule has 0 aliphatic carbocycles. The molecule has 0 unspecified atom stereocenters. The van der Waals surface area contributed by atoms with Crippen molar-refractivity contribution < 1.29 is 4.79 Å². The molecular formula is C24H36N4O. The van der Waals surface area contributed by atoms with E-state index in [1.807, 2.05) is 9.58 Å². The largest absolute Gasteiger partial charge is 0.336 e. The molecule has 1 aliphatic rings. The molecule has 1 aromatic carbocycles. The number of hydrogen-bond acceptors (Lipinski definition) is 3. The summed E-state index contributed by atoms with van der Waals surface area (Å²) in [5.41, 5.74) is 5.05. The summed E-state index contributed by atoms with van der Waals surface area (Å²) < 4.78 is 2.01. The molecule has 2 heterocycles. The standard InChI is InChI=1S/C24H36N4O/c1-7-26-12-14-27(15-13-26)24(29)22-21(16-17(2)3)25-28(23(22)18(4)5)20-10-8-19(6)9-11-20/h8-11,17-18H,7,12-16H2,1-6H3. The lowest BCUT2D eigenvalue weighted by atomic mass is 9.97. The van der Waals surface area contributed by atoms with Gasteiger partial charge in [-0.2, -0.15) is 5.10 Å². The van der Waals surface area contributed by atoms with Gasteiger partial charge < -0.3 is 9.80 Å². The van der Waals surface area contributed by atoms with Crippen molar-refractivity contribution in [3.05, 3.63) is 46.8 Å². The molecule has 1 amide bonds. The number of carbonyl (C=O) groups excluding carboxylic acids is 1. The third-order valence-electron chi connectivity index (χ3n) is 5.74. The van der Waals surface area contributed by atoms with Crippen LogP contribution in [0.15, 0.2) is 24.3 Å². The van der Waals surface area contributed by atoms with Crippen LogP contribution in [-0.4, -0.2) is 58.2 Å². The lowest BCUT2D eigenvalue weighted by molar-refractivity contribution is 0.0640. The Labute approximate surface area is 175 Å². The van der Waals surface area contributed by atoms with E-state index in [1.54, 1.807) is 0 Å². The summed E-state index contributed by atoms with van der Waals surface area (Å²) in [7, 11) is 0. The van der Waals surface area contributed by atoms with E-state index in [0.717, 1.165) is 61.8 Å². The average molecular weight is 397 g/mol. The van der Waals surface area contributed by atoms with Crippen LogP contribution in [0, 0.1) is 12.8 Å². The quantitative estimate of drug-likeness (QED) is 0.732. The molecule has 1 saturated heterocycles. The van der Waals surface area contributed by atoms with Crippen LogP contribution in [-0.2, 0) is 6.42 Å². The van der Waals surface area contributed by atoms with Crippen LogP contribution in [0.25, 0.3) is 5.69 Å². The molecule has 5 nitrogen and oxygen atoms in total. The first-order chi connectivity index (χ1) is 13.8. The lowest BCUT2D eigenvalue weighted by Gasteiger charge is -2.34. The number of carbonyl (C=O) groups is 1. The Morgan fingerprint density at radius 3 is 2.17 bits per heavy atom. The maximum absolute atomic E-state index is 13.7. The molecule has 3 rings (SSSR count). The smallest absolute Gasteiger partial charge is 0.257 e. The number of piperazine rings is 1. The van der Waals surface area contributed by atoms with E-state index < -0.39 is 0 Å². The Balaban J connectivity index is 2.05. The number of hydrogen-bond donors (Lipinski definition) is 0. The molecular weight excluding hydrogens is 360 g/mol. The Bertz CT molecular complexity index is 827. The van der Waals surface area contributed by atoms with Gasteiger partial charge in [-0.3, -0.25) is 4.79 Å². The van der Waals surface area contributed by atoms with E-state index in [4.69, 9.17) is 5.10 Å². The van der Waals surface area contributed by atoms with Crippen molar-refractivity contribution in [3.63, 3.8) is 0 Å². The second-order valence-corrected chi connectivity index (χ2v) is 8.93. The zero-order valence-electron chi connectivity index (χ0n) is 18.9. The highest BCUT2D eigenvalue weighted by Gasteiger charge is 2.31. The van der Waals surface area contributed by atoms with E-state index in [-0.39, 0.29) is 11.8 Å². The van der Waals surface area contributed by atoms with Crippen molar-refractivity contribution in [2.75, 3.05) is 32.7 Å². The molecule has 158 valence electrons. The summed E-state index contributed by atoms with van der Waals surface area (Å²) >= 11 is 0. The summed E-state index contributed by atoms with van der Waals surface area (Å²) in [4.78, 5) is 18.1. The van der Waals surface area contributed by atoms with Gasteiger partial charge in [0.15, 0.2) is 0 Å². The second kappa shape index (κ2) is 9.12. The SMILES string of the molecule is CCN1CCN(C(=O)c2c(CC(C)C)nn(-c3ccc(C)cc3)c2C(C)C)CC1. The minimum Gasteiger partial charge on any atom is -0.336 e. The van der Waals surface area contributed by atoms with Crippen molar-refractivity contribution in [2.24, 2.45) is 5.92 Å². The van der Waals surface area contributed by atoms with Crippen LogP contribution >= 0.6 is 0 Å². The molecule has 1 fully saturated rings. The number of benzene rings is 1. The van der Waals surface area contributed by atoms with Crippen molar-refractivity contribution in [1.82, 2.24) is 19.6 Å². The van der Waals surface area contributed by atoms with Gasteiger partial charge in [-0.25, -0.2) is 4.68 Å². The monoisotopic (exact) mass is 396 g/mol. The van der Waals surface area contributed by atoms with E-state index in [0.29, 0.717) is 5.92 Å². The van der Waals surface area contributed by atoms with Crippen LogP contribution in [0.3, 0.4) is 0 Å². The normalized spacial score (nSPS) is 15.5. The van der Waals surface area contributed by atoms with Crippen molar-refractivity contribution in [2.45, 2.75) is 53.9 Å². The molecule has 0 atom stereocenters. The van der Waals surface area contributed by atoms with Crippen LogP contribution in [0.2, 0.25) is 0 Å². The minimum atomic E-state index is 0.151. The number of amides is 1. The molecule has 0 N–H and O–H groups in total. The Hall–Kier alpha value is -2.14. The highest BCUT2D eigenvalue weighted by Crippen LogP contribution is 2.29. The van der Waals surface area contributed by atoms with Gasteiger partial charge in [-0.15, -0.1) is 0 Å². The first-order valence-electron chi connectivity index (χ1n) is 11.0. The van der Waals surface area contributed by atoms with Gasteiger partial charge >= 0.3 is 0 Å². The summed E-state index contributed by atoms with van der Waals surface area (Å²) in [6.07, 6.45) is 0.814. The maximum Gasteiger partial charge on any atom is 0.257 e. The molecule has 0 spiro atoms. The van der Waals surface area contributed by atoms with Gasteiger partial charge in [0, 0.05) is 26.2 Å². The van der Waals surface area contributed by atoms with Gasteiger partial charge in [0.05, 0.1) is 22.6 Å². The zero-order valence-corrected chi connectivity index (χ0v) is 18.9. The molecule has 0 bridgehead atoms. The number of aromatic nitrogens is 2. The van der Waals surface area contributed by atoms with E-state index in [1.165, 1.54) is 5.56 Å². The number of nitrogens with zero attached hydrogens (tertiary/aromatic N) is 4. The van der Waals surface area contributed by atoms with Crippen molar-refractivity contribution >= 4 is 5.91 Å². The van der Waals surface area contributed by atoms with Crippen LogP contribution in [0.5, 0.6) is 0 Å². The van der Waals surface area contributed by atoms with Gasteiger partial charge in [-0.1, -0.05) is 52.3 Å². The zero-order chi connectivity index (χ0) is 21.1. The van der Waals surface area contributed by atoms with E-state index in [9.17, 15) is 4.79 Å². The van der Waals surface area contributed by atoms with Crippen LogP contribution < -0.4 is 0 Å². The average Bonchev–Trinajstić information content (AvgIpc) is 3.06. The summed E-state index contributed by atoms with van der Waals surface area (Å²) in [5.74, 6) is 0.805. The molecule has 0 saturated carbocycles. The van der Waals surface area contributed by atoms with Crippen molar-refractivity contribution in [3.8, 4) is 5.69 Å². The number of rotatable bonds is 6. The summed E-state index contributed by atoms with van der Waals surface area (Å²) in [6, 6.07) is 8.41. The topological polar surface area (TPSA) is 41.4 Å². The van der Waals surface area contributed by atoms with Crippen LogP contribution in [0.4, 0.5) is 0 Å². The number of likely N-dealkylation sites (N-methyl/N-ethyl adjacent to an activating group) is 1. The minimum absolute atomic E-state index is 0.151. The fourth-order valence-electron chi connectivity index (χ4n) is 4.08. The second-order valence-electron chi connectivity index (χ2n) is 8.93. The van der Waals surface area contributed by atoms with Gasteiger partial charge in [0.25, 0.3) is 5.91 Å². The van der Waals surface area contributed by atoms with Gasteiger partial charge in [-0.05, 0) is 43.9 Å². The highest BCUT2D eigenvalue weighted by molar-refractivity contribution is 5.97. The highest BCUT2D eigenvalue weighted by atomic mass is 16.2. The summed E-state index contributed by atoms with van der Waals surface area (Å²) in [5, 5.41) is 4.98. The van der Waals surface area contributed by atoms with E-state index in [2.05, 4.69) is 70.7 Å². The third kappa shape index (κ3) is 4.72. The van der Waals surface area contributed by atoms with E-state index >= 15 is 0 Å². The first-order valence-corrected chi connectivity index (χ1v) is 11.0. The molecule has 1 aliphatic heterocycles. The Morgan fingerprint density at radius 2 is 1.66 bits per heavy atom. The molecule has 0 radical (unpaired) electrons. The predicted molar refractivity (Wildman–Crippen MR) is 119 cm³/mol. The fraction of sp³-hybridized carbons (Fsp3) is 0.583. The molecule has 2 aromatic rings. The first kappa shape index (κ1) is 21.6. The predicted octanol–water partition coefficient (Wildman–Crippen LogP) is 4.28. The fourth-order valence-corrected chi connectivity index (χ4v) is 4.08. The van der Waals surface area contributed by atoms with Crippen molar-refractivity contribution in [1.29, 1.82) is 0 Å². The summed E-state index contributed by atoms with van der Waals surface area (Å²) in [6.45, 7) is 17.5. The maximum atomic E-state index is 13.7. The van der Waals surface area contributed by atoms with Crippen LogP contribution in [0.1, 0.15) is 67.8 Å². The van der Waals surface area contributed by atoms with Gasteiger partial charge in [0.2, 0.25) is 0 Å².